The van der Waals surface area contributed by atoms with Crippen molar-refractivity contribution in [2.45, 2.75) is 0 Å². The first-order valence-corrected chi connectivity index (χ1v) is 6.69. The Morgan fingerprint density at radius 3 is 2.14 bits per heavy atom. The molecule has 0 heterocycles. The number of benzene rings is 2. The van der Waals surface area contributed by atoms with E-state index in [9.17, 15) is 13.6 Å². The number of halogens is 3. The highest BCUT2D eigenvalue weighted by molar-refractivity contribution is 9.10. The number of carbonyl (C=O) groups excluding carboxylic acids is 1. The molecule has 2 aromatic carbocycles. The summed E-state index contributed by atoms with van der Waals surface area (Å²) >= 11 is 2.90. The molecular weight excluding hydrogens is 346 g/mol. The van der Waals surface area contributed by atoms with Crippen molar-refractivity contribution in [2.75, 3.05) is 14.2 Å². The smallest absolute Gasteiger partial charge is 0.201 e. The highest BCUT2D eigenvalue weighted by atomic mass is 79.9. The zero-order chi connectivity index (χ0) is 15.6. The minimum Gasteiger partial charge on any atom is -0.496 e. The number of hydrogen-bond donors (Lipinski definition) is 0. The van der Waals surface area contributed by atoms with Gasteiger partial charge in [-0.3, -0.25) is 4.79 Å². The van der Waals surface area contributed by atoms with Gasteiger partial charge in [-0.1, -0.05) is 6.07 Å². The summed E-state index contributed by atoms with van der Waals surface area (Å²) in [4.78, 5) is 12.6. The molecule has 0 spiro atoms. The van der Waals surface area contributed by atoms with Gasteiger partial charge in [0.05, 0.1) is 18.7 Å². The van der Waals surface area contributed by atoms with E-state index in [4.69, 9.17) is 9.47 Å². The van der Waals surface area contributed by atoms with E-state index in [0.29, 0.717) is 0 Å². The summed E-state index contributed by atoms with van der Waals surface area (Å²) in [6, 6.07) is 6.94. The molecule has 6 heteroatoms. The molecule has 0 aromatic heterocycles. The quantitative estimate of drug-likeness (QED) is 0.614. The van der Waals surface area contributed by atoms with E-state index in [1.165, 1.54) is 20.3 Å². The molecule has 0 aliphatic carbocycles. The predicted octanol–water partition coefficient (Wildman–Crippen LogP) is 3.98. The average molecular weight is 357 g/mol. The molecular formula is C15H11BrF2O3. The Hall–Kier alpha value is -1.95. The number of ether oxygens (including phenoxy) is 2. The molecule has 0 unspecified atom stereocenters. The minimum absolute atomic E-state index is 0.0169. The Kier molecular flexibility index (Phi) is 4.57. The highest BCUT2D eigenvalue weighted by Crippen LogP contribution is 2.33. The maximum absolute atomic E-state index is 13.6. The molecule has 2 rings (SSSR count). The fraction of sp³-hybridized carbons (Fsp3) is 0.133. The second-order valence-corrected chi connectivity index (χ2v) is 4.88. The van der Waals surface area contributed by atoms with Gasteiger partial charge in [0.15, 0.2) is 11.6 Å². The molecule has 0 aliphatic heterocycles. The standard InChI is InChI=1S/C15H11BrF2O3/c1-20-10-4-3-5-11(21-2)12(10)15(19)8-6-7-9(17)14(18)13(8)16/h3-7H,1-2H3. The third-order valence-corrected chi connectivity index (χ3v) is 3.71. The van der Waals surface area contributed by atoms with Crippen molar-refractivity contribution in [3.05, 3.63) is 57.6 Å². The first kappa shape index (κ1) is 15.4. The fourth-order valence-electron chi connectivity index (χ4n) is 1.91. The largest absolute Gasteiger partial charge is 0.496 e. The molecule has 21 heavy (non-hydrogen) atoms. The maximum atomic E-state index is 13.6. The van der Waals surface area contributed by atoms with Crippen LogP contribution in [0.25, 0.3) is 0 Å². The first-order valence-electron chi connectivity index (χ1n) is 5.90. The van der Waals surface area contributed by atoms with E-state index in [1.54, 1.807) is 18.2 Å². The van der Waals surface area contributed by atoms with Crippen molar-refractivity contribution in [3.8, 4) is 11.5 Å². The van der Waals surface area contributed by atoms with Gasteiger partial charge >= 0.3 is 0 Å². The normalized spacial score (nSPS) is 10.3. The lowest BCUT2D eigenvalue weighted by Crippen LogP contribution is -2.08. The van der Waals surface area contributed by atoms with Gasteiger partial charge < -0.3 is 9.47 Å². The van der Waals surface area contributed by atoms with Crippen LogP contribution in [0.4, 0.5) is 8.78 Å². The molecule has 0 atom stereocenters. The Morgan fingerprint density at radius 2 is 1.62 bits per heavy atom. The van der Waals surface area contributed by atoms with Gasteiger partial charge in [0.1, 0.15) is 17.1 Å². The van der Waals surface area contributed by atoms with Crippen LogP contribution in [0.2, 0.25) is 0 Å². The molecule has 0 bridgehead atoms. The Labute approximate surface area is 128 Å². The lowest BCUT2D eigenvalue weighted by atomic mass is 10.0. The van der Waals surface area contributed by atoms with Crippen molar-refractivity contribution in [3.63, 3.8) is 0 Å². The molecule has 110 valence electrons. The molecule has 0 saturated carbocycles. The van der Waals surface area contributed by atoms with Gasteiger partial charge in [0.25, 0.3) is 0 Å². The molecule has 2 aromatic rings. The van der Waals surface area contributed by atoms with E-state index in [-0.39, 0.29) is 27.1 Å². The Balaban J connectivity index is 2.63. The van der Waals surface area contributed by atoms with Crippen LogP contribution in [0.15, 0.2) is 34.8 Å². The topological polar surface area (TPSA) is 35.5 Å². The van der Waals surface area contributed by atoms with Crippen LogP contribution in [-0.4, -0.2) is 20.0 Å². The molecule has 0 amide bonds. The summed E-state index contributed by atoms with van der Waals surface area (Å²) in [5.41, 5.74) is 0.130. The Morgan fingerprint density at radius 1 is 1.05 bits per heavy atom. The van der Waals surface area contributed by atoms with Crippen molar-refractivity contribution < 1.29 is 23.0 Å². The Bertz CT molecular complexity index is 679. The number of rotatable bonds is 4. The lowest BCUT2D eigenvalue weighted by molar-refractivity contribution is 0.103. The molecule has 0 fully saturated rings. The predicted molar refractivity (Wildman–Crippen MR) is 77.0 cm³/mol. The van der Waals surface area contributed by atoms with Crippen LogP contribution in [0.5, 0.6) is 11.5 Å². The number of ketones is 1. The van der Waals surface area contributed by atoms with E-state index >= 15 is 0 Å². The van der Waals surface area contributed by atoms with Crippen LogP contribution >= 0.6 is 15.9 Å². The zero-order valence-electron chi connectivity index (χ0n) is 11.2. The summed E-state index contributed by atoms with van der Waals surface area (Å²) < 4.78 is 36.8. The van der Waals surface area contributed by atoms with Gasteiger partial charge in [-0.25, -0.2) is 8.78 Å². The van der Waals surface area contributed by atoms with Crippen molar-refractivity contribution in [2.24, 2.45) is 0 Å². The third kappa shape index (κ3) is 2.76. The number of hydrogen-bond acceptors (Lipinski definition) is 3. The van der Waals surface area contributed by atoms with E-state index in [0.717, 1.165) is 6.07 Å². The molecule has 0 N–H and O–H groups in total. The SMILES string of the molecule is COc1cccc(OC)c1C(=O)c1ccc(F)c(F)c1Br. The van der Waals surface area contributed by atoms with E-state index in [1.807, 2.05) is 0 Å². The van der Waals surface area contributed by atoms with Gasteiger partial charge in [-0.2, -0.15) is 0 Å². The maximum Gasteiger partial charge on any atom is 0.201 e. The fourth-order valence-corrected chi connectivity index (χ4v) is 2.41. The first-order chi connectivity index (χ1) is 10.0. The summed E-state index contributed by atoms with van der Waals surface area (Å²) in [7, 11) is 2.82. The third-order valence-electron chi connectivity index (χ3n) is 2.93. The summed E-state index contributed by atoms with van der Waals surface area (Å²) in [6.07, 6.45) is 0. The monoisotopic (exact) mass is 356 g/mol. The van der Waals surface area contributed by atoms with Crippen LogP contribution in [0.3, 0.4) is 0 Å². The van der Waals surface area contributed by atoms with Gasteiger partial charge in [-0.15, -0.1) is 0 Å². The molecule has 3 nitrogen and oxygen atoms in total. The van der Waals surface area contributed by atoms with Crippen molar-refractivity contribution in [1.82, 2.24) is 0 Å². The van der Waals surface area contributed by atoms with Crippen LogP contribution in [-0.2, 0) is 0 Å². The van der Waals surface area contributed by atoms with Crippen LogP contribution < -0.4 is 9.47 Å². The molecule has 0 aliphatic rings. The van der Waals surface area contributed by atoms with E-state index < -0.39 is 17.4 Å². The van der Waals surface area contributed by atoms with Crippen LogP contribution in [0, 0.1) is 11.6 Å². The molecule has 0 saturated heterocycles. The second kappa shape index (κ2) is 6.22. The lowest BCUT2D eigenvalue weighted by Gasteiger charge is -2.13. The highest BCUT2D eigenvalue weighted by Gasteiger charge is 2.24. The van der Waals surface area contributed by atoms with Crippen LogP contribution in [0.1, 0.15) is 15.9 Å². The summed E-state index contributed by atoms with van der Waals surface area (Å²) in [6.45, 7) is 0. The molecule has 0 radical (unpaired) electrons. The average Bonchev–Trinajstić information content (AvgIpc) is 2.51. The summed E-state index contributed by atoms with van der Waals surface area (Å²) in [5.74, 6) is -2.11. The van der Waals surface area contributed by atoms with Crippen molar-refractivity contribution >= 4 is 21.7 Å². The zero-order valence-corrected chi connectivity index (χ0v) is 12.8. The second-order valence-electron chi connectivity index (χ2n) is 4.09. The van der Waals surface area contributed by atoms with Gasteiger partial charge in [0, 0.05) is 5.56 Å². The van der Waals surface area contributed by atoms with Gasteiger partial charge in [0.2, 0.25) is 5.78 Å². The van der Waals surface area contributed by atoms with Crippen molar-refractivity contribution in [1.29, 1.82) is 0 Å². The number of carbonyl (C=O) groups is 1. The van der Waals surface area contributed by atoms with Gasteiger partial charge in [-0.05, 0) is 40.2 Å². The summed E-state index contributed by atoms with van der Waals surface area (Å²) in [5, 5.41) is 0. The number of methoxy groups -OCH3 is 2. The minimum atomic E-state index is -1.12. The van der Waals surface area contributed by atoms with E-state index in [2.05, 4.69) is 15.9 Å².